The SMILES string of the molecule is COc1ccc2oc(-c3ccc(NC(=O)c4ccc(-c5cccc([N+](=O)[O-])c5)o4)cc3)nc2c1. The molecule has 0 aliphatic heterocycles. The maximum absolute atomic E-state index is 12.6. The van der Waals surface area contributed by atoms with E-state index in [9.17, 15) is 14.9 Å². The number of methoxy groups -OCH3 is 1. The third kappa shape index (κ3) is 4.09. The summed E-state index contributed by atoms with van der Waals surface area (Å²) in [6.45, 7) is 0. The molecule has 5 aromatic rings. The maximum Gasteiger partial charge on any atom is 0.291 e. The minimum absolute atomic E-state index is 0.0573. The van der Waals surface area contributed by atoms with Gasteiger partial charge in [0.05, 0.1) is 12.0 Å². The first-order chi connectivity index (χ1) is 16.5. The molecule has 1 N–H and O–H groups in total. The average Bonchev–Trinajstić information content (AvgIpc) is 3.52. The van der Waals surface area contributed by atoms with E-state index in [4.69, 9.17) is 13.6 Å². The molecule has 9 nitrogen and oxygen atoms in total. The zero-order chi connectivity index (χ0) is 23.7. The number of benzene rings is 3. The molecule has 9 heteroatoms. The number of carbonyl (C=O) groups is 1. The highest BCUT2D eigenvalue weighted by molar-refractivity contribution is 6.02. The van der Waals surface area contributed by atoms with Gasteiger partial charge in [-0.2, -0.15) is 0 Å². The van der Waals surface area contributed by atoms with Crippen LogP contribution in [0, 0.1) is 10.1 Å². The summed E-state index contributed by atoms with van der Waals surface area (Å²) in [4.78, 5) is 27.6. The fourth-order valence-electron chi connectivity index (χ4n) is 3.43. The summed E-state index contributed by atoms with van der Waals surface area (Å²) in [6.07, 6.45) is 0. The van der Waals surface area contributed by atoms with Gasteiger partial charge in [0.2, 0.25) is 5.89 Å². The molecule has 0 aliphatic rings. The molecular weight excluding hydrogens is 438 g/mol. The molecule has 0 radical (unpaired) electrons. The zero-order valence-electron chi connectivity index (χ0n) is 17.8. The number of fused-ring (bicyclic) bond motifs is 1. The molecule has 0 bridgehead atoms. The number of nitro benzene ring substituents is 1. The second-order valence-corrected chi connectivity index (χ2v) is 7.36. The number of hydrogen-bond donors (Lipinski definition) is 1. The van der Waals surface area contributed by atoms with Gasteiger partial charge < -0.3 is 18.9 Å². The Balaban J connectivity index is 1.30. The predicted octanol–water partition coefficient (Wildman–Crippen LogP) is 5.92. The summed E-state index contributed by atoms with van der Waals surface area (Å²) in [7, 11) is 1.59. The fraction of sp³-hybridized carbons (Fsp3) is 0.0400. The van der Waals surface area contributed by atoms with Gasteiger partial charge in [0, 0.05) is 35.0 Å². The molecule has 0 fully saturated rings. The Bertz CT molecular complexity index is 1520. The second kappa shape index (κ2) is 8.55. The Morgan fingerprint density at radius 3 is 2.56 bits per heavy atom. The van der Waals surface area contributed by atoms with E-state index < -0.39 is 10.8 Å². The highest BCUT2D eigenvalue weighted by atomic mass is 16.6. The molecular formula is C25H17N3O6. The number of carbonyl (C=O) groups excluding carboxylic acids is 1. The van der Waals surface area contributed by atoms with Crippen molar-refractivity contribution >= 4 is 28.4 Å². The summed E-state index contributed by atoms with van der Waals surface area (Å²) in [5.41, 5.74) is 3.08. The first-order valence-electron chi connectivity index (χ1n) is 10.2. The van der Waals surface area contributed by atoms with Crippen molar-refractivity contribution < 1.29 is 23.3 Å². The Morgan fingerprint density at radius 2 is 1.79 bits per heavy atom. The van der Waals surface area contributed by atoms with E-state index in [1.165, 1.54) is 18.2 Å². The molecule has 0 atom stereocenters. The van der Waals surface area contributed by atoms with Crippen LogP contribution >= 0.6 is 0 Å². The number of aromatic nitrogens is 1. The Kier molecular flexibility index (Phi) is 5.27. The largest absolute Gasteiger partial charge is 0.497 e. The van der Waals surface area contributed by atoms with E-state index >= 15 is 0 Å². The predicted molar refractivity (Wildman–Crippen MR) is 125 cm³/mol. The van der Waals surface area contributed by atoms with E-state index in [2.05, 4.69) is 10.3 Å². The molecule has 1 amide bonds. The number of nitrogens with zero attached hydrogens (tertiary/aromatic N) is 2. The zero-order valence-corrected chi connectivity index (χ0v) is 17.8. The Hall–Kier alpha value is -4.92. The van der Waals surface area contributed by atoms with Crippen molar-refractivity contribution in [3.8, 4) is 28.5 Å². The van der Waals surface area contributed by atoms with Crippen LogP contribution in [0.15, 0.2) is 87.7 Å². The second-order valence-electron chi connectivity index (χ2n) is 7.36. The molecule has 2 heterocycles. The molecule has 0 saturated carbocycles. The molecule has 2 aromatic heterocycles. The topological polar surface area (TPSA) is 121 Å². The van der Waals surface area contributed by atoms with Gasteiger partial charge in [-0.25, -0.2) is 4.98 Å². The van der Waals surface area contributed by atoms with Crippen LogP contribution in [-0.4, -0.2) is 22.9 Å². The number of amides is 1. The van der Waals surface area contributed by atoms with Crippen molar-refractivity contribution in [1.29, 1.82) is 0 Å². The van der Waals surface area contributed by atoms with Crippen LogP contribution in [0.2, 0.25) is 0 Å². The molecule has 5 rings (SSSR count). The molecule has 0 aliphatic carbocycles. The summed E-state index contributed by atoms with van der Waals surface area (Å²) >= 11 is 0. The van der Waals surface area contributed by atoms with E-state index in [1.807, 2.05) is 0 Å². The molecule has 168 valence electrons. The molecule has 0 saturated heterocycles. The van der Waals surface area contributed by atoms with Gasteiger partial charge in [0.1, 0.15) is 17.0 Å². The van der Waals surface area contributed by atoms with E-state index in [0.29, 0.717) is 39.8 Å². The van der Waals surface area contributed by atoms with Crippen LogP contribution in [0.1, 0.15) is 10.6 Å². The average molecular weight is 455 g/mol. The van der Waals surface area contributed by atoms with Crippen molar-refractivity contribution in [2.24, 2.45) is 0 Å². The summed E-state index contributed by atoms with van der Waals surface area (Å²) < 4.78 is 16.6. The van der Waals surface area contributed by atoms with Gasteiger partial charge in [-0.05, 0) is 48.5 Å². The minimum Gasteiger partial charge on any atom is -0.497 e. The van der Waals surface area contributed by atoms with Crippen LogP contribution in [0.25, 0.3) is 33.9 Å². The highest BCUT2D eigenvalue weighted by Gasteiger charge is 2.15. The van der Waals surface area contributed by atoms with Crippen molar-refractivity contribution in [2.45, 2.75) is 0 Å². The third-order valence-corrected chi connectivity index (χ3v) is 5.16. The number of nitrogens with one attached hydrogen (secondary N) is 1. The van der Waals surface area contributed by atoms with Gasteiger partial charge in [0.15, 0.2) is 11.3 Å². The lowest BCUT2D eigenvalue weighted by atomic mass is 10.1. The van der Waals surface area contributed by atoms with E-state index in [0.717, 1.165) is 5.56 Å². The van der Waals surface area contributed by atoms with Gasteiger partial charge in [-0.15, -0.1) is 0 Å². The number of anilines is 1. The standard InChI is InChI=1S/C25H17N3O6/c1-32-19-9-10-22-20(14-19)27-25(34-22)15-5-7-17(8-6-15)26-24(29)23-12-11-21(33-23)16-3-2-4-18(13-16)28(30)31/h2-14H,1H3,(H,26,29). The first kappa shape index (κ1) is 21.0. The highest BCUT2D eigenvalue weighted by Crippen LogP contribution is 2.29. The number of nitro groups is 1. The lowest BCUT2D eigenvalue weighted by Gasteiger charge is -2.04. The van der Waals surface area contributed by atoms with Crippen LogP contribution < -0.4 is 10.1 Å². The van der Waals surface area contributed by atoms with Crippen molar-refractivity contribution in [3.63, 3.8) is 0 Å². The van der Waals surface area contributed by atoms with Crippen molar-refractivity contribution in [1.82, 2.24) is 4.98 Å². The maximum atomic E-state index is 12.6. The van der Waals surface area contributed by atoms with Gasteiger partial charge >= 0.3 is 0 Å². The number of rotatable bonds is 6. The number of non-ortho nitro benzene ring substituents is 1. The van der Waals surface area contributed by atoms with Crippen LogP contribution in [0.5, 0.6) is 5.75 Å². The molecule has 0 spiro atoms. The number of oxazole rings is 1. The van der Waals surface area contributed by atoms with Crippen molar-refractivity contribution in [3.05, 3.63) is 94.7 Å². The minimum atomic E-state index is -0.485. The van der Waals surface area contributed by atoms with Gasteiger partial charge in [-0.3, -0.25) is 14.9 Å². The van der Waals surface area contributed by atoms with Crippen LogP contribution in [0.3, 0.4) is 0 Å². The van der Waals surface area contributed by atoms with Crippen LogP contribution in [0.4, 0.5) is 11.4 Å². The summed E-state index contributed by atoms with van der Waals surface area (Å²) in [5, 5.41) is 13.7. The molecule has 34 heavy (non-hydrogen) atoms. The Labute approximate surface area is 192 Å². The number of hydrogen-bond acceptors (Lipinski definition) is 7. The molecule has 0 unspecified atom stereocenters. The quantitative estimate of drug-likeness (QED) is 0.249. The third-order valence-electron chi connectivity index (χ3n) is 5.16. The lowest BCUT2D eigenvalue weighted by Crippen LogP contribution is -2.10. The summed E-state index contributed by atoms with van der Waals surface area (Å²) in [6, 6.07) is 21.6. The van der Waals surface area contributed by atoms with E-state index in [1.54, 1.807) is 67.8 Å². The summed E-state index contributed by atoms with van der Waals surface area (Å²) in [5.74, 6) is 1.14. The van der Waals surface area contributed by atoms with Gasteiger partial charge in [0.25, 0.3) is 11.6 Å². The lowest BCUT2D eigenvalue weighted by molar-refractivity contribution is -0.384. The molecule has 3 aromatic carbocycles. The monoisotopic (exact) mass is 455 g/mol. The number of ether oxygens (including phenoxy) is 1. The first-order valence-corrected chi connectivity index (χ1v) is 10.2. The number of furan rings is 1. The Morgan fingerprint density at radius 1 is 0.971 bits per heavy atom. The fourth-order valence-corrected chi connectivity index (χ4v) is 3.43. The van der Waals surface area contributed by atoms with E-state index in [-0.39, 0.29) is 11.4 Å². The normalized spacial score (nSPS) is 10.9. The van der Waals surface area contributed by atoms with Crippen LogP contribution in [-0.2, 0) is 0 Å². The van der Waals surface area contributed by atoms with Gasteiger partial charge in [-0.1, -0.05) is 12.1 Å². The van der Waals surface area contributed by atoms with Crippen molar-refractivity contribution in [2.75, 3.05) is 12.4 Å². The smallest absolute Gasteiger partial charge is 0.291 e.